The maximum Gasteiger partial charge on any atom is 0.274 e. The number of rotatable bonds is 7. The van der Waals surface area contributed by atoms with Crippen molar-refractivity contribution in [3.8, 4) is 0 Å². The lowest BCUT2D eigenvalue weighted by molar-refractivity contribution is 0.102. The predicted molar refractivity (Wildman–Crippen MR) is 97.6 cm³/mol. The van der Waals surface area contributed by atoms with E-state index in [9.17, 15) is 4.79 Å². The number of benzene rings is 1. The number of aryl methyl sites for hydroxylation is 2. The van der Waals surface area contributed by atoms with Crippen LogP contribution in [-0.2, 0) is 6.42 Å². The Kier molecular flexibility index (Phi) is 6.26. The van der Waals surface area contributed by atoms with Gasteiger partial charge in [0.15, 0.2) is 0 Å². The van der Waals surface area contributed by atoms with Gasteiger partial charge in [0.25, 0.3) is 5.91 Å². The molecule has 24 heavy (non-hydrogen) atoms. The zero-order valence-electron chi connectivity index (χ0n) is 14.8. The normalized spacial score (nSPS) is 10.7. The van der Waals surface area contributed by atoms with Gasteiger partial charge in [0.2, 0.25) is 0 Å². The summed E-state index contributed by atoms with van der Waals surface area (Å²) in [7, 11) is 4.02. The van der Waals surface area contributed by atoms with Crippen molar-refractivity contribution in [3.05, 3.63) is 47.4 Å². The molecule has 2 N–H and O–H groups in total. The SMILES string of the molecule is CCc1ccc(NC(=O)c2cc(NCCN(C)C)nc(C)n2)cc1. The van der Waals surface area contributed by atoms with Crippen molar-refractivity contribution in [1.29, 1.82) is 0 Å². The Balaban J connectivity index is 2.06. The number of amides is 1. The molecule has 0 spiro atoms. The molecule has 2 rings (SSSR count). The first-order chi connectivity index (χ1) is 11.5. The Labute approximate surface area is 143 Å². The van der Waals surface area contributed by atoms with Gasteiger partial charge in [-0.25, -0.2) is 9.97 Å². The van der Waals surface area contributed by atoms with Crippen LogP contribution < -0.4 is 10.6 Å². The van der Waals surface area contributed by atoms with Gasteiger partial charge in [0, 0.05) is 24.8 Å². The fourth-order valence-electron chi connectivity index (χ4n) is 2.20. The summed E-state index contributed by atoms with van der Waals surface area (Å²) in [5.74, 6) is 0.993. The molecule has 0 saturated heterocycles. The third-order valence-electron chi connectivity index (χ3n) is 3.56. The monoisotopic (exact) mass is 327 g/mol. The van der Waals surface area contributed by atoms with Crippen LogP contribution in [0, 0.1) is 6.92 Å². The Hall–Kier alpha value is -2.47. The molecule has 0 saturated carbocycles. The number of nitrogens with zero attached hydrogens (tertiary/aromatic N) is 3. The van der Waals surface area contributed by atoms with E-state index in [1.54, 1.807) is 13.0 Å². The van der Waals surface area contributed by atoms with Crippen molar-refractivity contribution in [3.63, 3.8) is 0 Å². The molecular formula is C18H25N5O. The van der Waals surface area contributed by atoms with Gasteiger partial charge in [-0.15, -0.1) is 0 Å². The second kappa shape index (κ2) is 8.40. The van der Waals surface area contributed by atoms with Gasteiger partial charge in [-0.1, -0.05) is 19.1 Å². The van der Waals surface area contributed by atoms with Crippen molar-refractivity contribution >= 4 is 17.4 Å². The van der Waals surface area contributed by atoms with Crippen molar-refractivity contribution in [1.82, 2.24) is 14.9 Å². The smallest absolute Gasteiger partial charge is 0.274 e. The molecule has 0 fully saturated rings. The fraction of sp³-hybridized carbons (Fsp3) is 0.389. The number of hydrogen-bond donors (Lipinski definition) is 2. The second-order valence-corrected chi connectivity index (χ2v) is 5.92. The largest absolute Gasteiger partial charge is 0.369 e. The summed E-state index contributed by atoms with van der Waals surface area (Å²) in [6, 6.07) is 9.50. The van der Waals surface area contributed by atoms with E-state index in [1.807, 2.05) is 38.4 Å². The molecule has 128 valence electrons. The van der Waals surface area contributed by atoms with Crippen LogP contribution in [0.15, 0.2) is 30.3 Å². The summed E-state index contributed by atoms with van der Waals surface area (Å²) >= 11 is 0. The highest BCUT2D eigenvalue weighted by molar-refractivity contribution is 6.03. The minimum atomic E-state index is -0.236. The highest BCUT2D eigenvalue weighted by Crippen LogP contribution is 2.13. The topological polar surface area (TPSA) is 70.2 Å². The van der Waals surface area contributed by atoms with Crippen LogP contribution in [0.4, 0.5) is 11.5 Å². The third-order valence-corrected chi connectivity index (χ3v) is 3.56. The average molecular weight is 327 g/mol. The van der Waals surface area contributed by atoms with E-state index in [0.29, 0.717) is 17.3 Å². The highest BCUT2D eigenvalue weighted by Gasteiger charge is 2.11. The molecule has 6 nitrogen and oxygen atoms in total. The van der Waals surface area contributed by atoms with Gasteiger partial charge in [-0.2, -0.15) is 0 Å². The van der Waals surface area contributed by atoms with Crippen molar-refractivity contribution in [2.24, 2.45) is 0 Å². The number of carbonyl (C=O) groups is 1. The first kappa shape index (κ1) is 17.9. The first-order valence-corrected chi connectivity index (χ1v) is 8.12. The Morgan fingerprint density at radius 2 is 1.88 bits per heavy atom. The molecule has 0 atom stereocenters. The van der Waals surface area contributed by atoms with E-state index >= 15 is 0 Å². The molecule has 1 heterocycles. The summed E-state index contributed by atoms with van der Waals surface area (Å²) in [6.07, 6.45) is 0.974. The van der Waals surface area contributed by atoms with Crippen LogP contribution in [-0.4, -0.2) is 48.0 Å². The number of likely N-dealkylation sites (N-methyl/N-ethyl adjacent to an activating group) is 1. The van der Waals surface area contributed by atoms with Crippen LogP contribution in [0.3, 0.4) is 0 Å². The van der Waals surface area contributed by atoms with E-state index in [4.69, 9.17) is 0 Å². The van der Waals surface area contributed by atoms with Gasteiger partial charge >= 0.3 is 0 Å². The third kappa shape index (κ3) is 5.31. The van der Waals surface area contributed by atoms with Crippen LogP contribution in [0.2, 0.25) is 0 Å². The molecule has 0 radical (unpaired) electrons. The van der Waals surface area contributed by atoms with Gasteiger partial charge in [0.1, 0.15) is 17.3 Å². The number of anilines is 2. The number of aromatic nitrogens is 2. The lowest BCUT2D eigenvalue weighted by Crippen LogP contribution is -2.22. The molecule has 0 aliphatic carbocycles. The fourth-order valence-corrected chi connectivity index (χ4v) is 2.20. The standard InChI is InChI=1S/C18H25N5O/c1-5-14-6-8-15(9-7-14)22-18(24)16-12-17(21-13(2)20-16)19-10-11-23(3)4/h6-9,12H,5,10-11H2,1-4H3,(H,22,24)(H,19,20,21). The molecule has 0 bridgehead atoms. The minimum absolute atomic E-state index is 0.236. The average Bonchev–Trinajstić information content (AvgIpc) is 2.54. The summed E-state index contributed by atoms with van der Waals surface area (Å²) in [5, 5.41) is 6.09. The maximum atomic E-state index is 12.4. The van der Waals surface area contributed by atoms with Gasteiger partial charge in [-0.05, 0) is 45.1 Å². The van der Waals surface area contributed by atoms with E-state index in [-0.39, 0.29) is 5.91 Å². The van der Waals surface area contributed by atoms with Gasteiger partial charge < -0.3 is 15.5 Å². The summed E-state index contributed by atoms with van der Waals surface area (Å²) in [6.45, 7) is 5.52. The minimum Gasteiger partial charge on any atom is -0.369 e. The zero-order chi connectivity index (χ0) is 17.5. The molecule has 6 heteroatoms. The molecule has 0 aliphatic heterocycles. The highest BCUT2D eigenvalue weighted by atomic mass is 16.1. The molecule has 0 aliphatic rings. The molecule has 0 unspecified atom stereocenters. The van der Waals surface area contributed by atoms with Crippen LogP contribution in [0.25, 0.3) is 0 Å². The molecule has 1 aromatic heterocycles. The van der Waals surface area contributed by atoms with Crippen molar-refractivity contribution in [2.45, 2.75) is 20.3 Å². The van der Waals surface area contributed by atoms with Crippen LogP contribution in [0.5, 0.6) is 0 Å². The van der Waals surface area contributed by atoms with E-state index in [0.717, 1.165) is 25.2 Å². The molecule has 2 aromatic rings. The van der Waals surface area contributed by atoms with E-state index < -0.39 is 0 Å². The van der Waals surface area contributed by atoms with Gasteiger partial charge in [-0.3, -0.25) is 4.79 Å². The first-order valence-electron chi connectivity index (χ1n) is 8.12. The Morgan fingerprint density at radius 1 is 1.17 bits per heavy atom. The Bertz CT molecular complexity index is 682. The number of hydrogen-bond acceptors (Lipinski definition) is 5. The van der Waals surface area contributed by atoms with Crippen LogP contribution in [0.1, 0.15) is 28.8 Å². The van der Waals surface area contributed by atoms with E-state index in [2.05, 4.69) is 32.4 Å². The maximum absolute atomic E-state index is 12.4. The quantitative estimate of drug-likeness (QED) is 0.818. The lowest BCUT2D eigenvalue weighted by Gasteiger charge is -2.12. The van der Waals surface area contributed by atoms with Crippen LogP contribution >= 0.6 is 0 Å². The Morgan fingerprint density at radius 3 is 2.50 bits per heavy atom. The summed E-state index contributed by atoms with van der Waals surface area (Å²) < 4.78 is 0. The molecule has 1 aromatic carbocycles. The molecular weight excluding hydrogens is 302 g/mol. The summed E-state index contributed by atoms with van der Waals surface area (Å²) in [5.41, 5.74) is 2.35. The number of carbonyl (C=O) groups excluding carboxylic acids is 1. The molecule has 1 amide bonds. The van der Waals surface area contributed by atoms with Crippen molar-refractivity contribution in [2.75, 3.05) is 37.8 Å². The second-order valence-electron chi connectivity index (χ2n) is 5.92. The zero-order valence-corrected chi connectivity index (χ0v) is 14.8. The lowest BCUT2D eigenvalue weighted by atomic mass is 10.1. The number of nitrogens with one attached hydrogen (secondary N) is 2. The van der Waals surface area contributed by atoms with Gasteiger partial charge in [0.05, 0.1) is 0 Å². The van der Waals surface area contributed by atoms with Crippen molar-refractivity contribution < 1.29 is 4.79 Å². The summed E-state index contributed by atoms with van der Waals surface area (Å²) in [4.78, 5) is 23.1. The predicted octanol–water partition coefficient (Wildman–Crippen LogP) is 2.57. The van der Waals surface area contributed by atoms with E-state index in [1.165, 1.54) is 5.56 Å².